The van der Waals surface area contributed by atoms with Crippen molar-refractivity contribution in [2.45, 2.75) is 12.3 Å². The molecule has 0 amide bonds. The first-order valence-electron chi connectivity index (χ1n) is 5.65. The van der Waals surface area contributed by atoms with Crippen molar-refractivity contribution in [2.24, 2.45) is 5.92 Å². The van der Waals surface area contributed by atoms with Crippen LogP contribution in [0.2, 0.25) is 5.15 Å². The normalized spacial score (nSPS) is 27.7. The van der Waals surface area contributed by atoms with Gasteiger partial charge in [0.25, 0.3) is 0 Å². The van der Waals surface area contributed by atoms with E-state index in [1.54, 1.807) is 0 Å². The first-order chi connectivity index (χ1) is 8.99. The minimum Gasteiger partial charge on any atom is -0.473 e. The van der Waals surface area contributed by atoms with Gasteiger partial charge in [-0.3, -0.25) is 0 Å². The maximum Gasteiger partial charge on any atom is 0.414 e. The molecule has 3 heterocycles. The molecule has 2 N–H and O–H groups in total. The summed E-state index contributed by atoms with van der Waals surface area (Å²) in [6, 6.07) is 0. The van der Waals surface area contributed by atoms with E-state index in [0.717, 1.165) is 18.2 Å². The Labute approximate surface area is 118 Å². The van der Waals surface area contributed by atoms with Crippen molar-refractivity contribution in [3.63, 3.8) is 0 Å². The predicted molar refractivity (Wildman–Crippen MR) is 67.5 cm³/mol. The van der Waals surface area contributed by atoms with E-state index in [2.05, 4.69) is 13.6 Å². The highest BCUT2D eigenvalue weighted by Crippen LogP contribution is 2.40. The standard InChI is InChI=1S/C8H10ClN3S.C2H2O4/c9-8-7(10-13-11-8)6-4-12-2-1-5(6)3-12;3-1(4)2(5)6/h5-6H,1-4H2;(H,3,4)(H,5,6). The summed E-state index contributed by atoms with van der Waals surface area (Å²) >= 11 is 7.21. The van der Waals surface area contributed by atoms with Crippen molar-refractivity contribution in [2.75, 3.05) is 19.6 Å². The van der Waals surface area contributed by atoms with Gasteiger partial charge in [-0.15, -0.1) is 0 Å². The zero-order chi connectivity index (χ0) is 14.0. The third-order valence-corrected chi connectivity index (χ3v) is 4.26. The summed E-state index contributed by atoms with van der Waals surface area (Å²) in [7, 11) is 0. The van der Waals surface area contributed by atoms with Crippen LogP contribution in [0.4, 0.5) is 0 Å². The lowest BCUT2D eigenvalue weighted by Crippen LogP contribution is -2.22. The molecule has 1 aromatic rings. The molecule has 2 saturated heterocycles. The van der Waals surface area contributed by atoms with Crippen LogP contribution in [0.3, 0.4) is 0 Å². The Morgan fingerprint density at radius 1 is 1.26 bits per heavy atom. The van der Waals surface area contributed by atoms with Crippen molar-refractivity contribution < 1.29 is 19.8 Å². The molecule has 2 aliphatic heterocycles. The van der Waals surface area contributed by atoms with Gasteiger partial charge < -0.3 is 15.1 Å². The fraction of sp³-hybridized carbons (Fsp3) is 0.600. The first kappa shape index (κ1) is 14.2. The van der Waals surface area contributed by atoms with E-state index >= 15 is 0 Å². The van der Waals surface area contributed by atoms with Gasteiger partial charge in [-0.25, -0.2) is 9.59 Å². The summed E-state index contributed by atoms with van der Waals surface area (Å²) in [6.45, 7) is 3.63. The quantitative estimate of drug-likeness (QED) is 0.738. The molecule has 0 radical (unpaired) electrons. The van der Waals surface area contributed by atoms with Gasteiger partial charge in [-0.1, -0.05) is 11.6 Å². The Morgan fingerprint density at radius 2 is 1.95 bits per heavy atom. The van der Waals surface area contributed by atoms with Crippen LogP contribution in [0.1, 0.15) is 18.0 Å². The summed E-state index contributed by atoms with van der Waals surface area (Å²) in [5.41, 5.74) is 1.04. The second-order valence-corrected chi connectivity index (χ2v) is 5.35. The van der Waals surface area contributed by atoms with Gasteiger partial charge in [-0.05, 0) is 18.9 Å². The van der Waals surface area contributed by atoms with Crippen molar-refractivity contribution in [3.8, 4) is 0 Å². The molecule has 2 bridgehead atoms. The third kappa shape index (κ3) is 3.20. The van der Waals surface area contributed by atoms with E-state index < -0.39 is 11.9 Å². The van der Waals surface area contributed by atoms with E-state index in [1.807, 2.05) is 0 Å². The molecule has 3 atom stereocenters. The molecular weight excluding hydrogens is 294 g/mol. The molecule has 0 saturated carbocycles. The summed E-state index contributed by atoms with van der Waals surface area (Å²) in [5.74, 6) is -2.31. The Kier molecular flexibility index (Phi) is 4.33. The van der Waals surface area contributed by atoms with E-state index in [0.29, 0.717) is 11.1 Å². The minimum atomic E-state index is -1.82. The average Bonchev–Trinajstić information content (AvgIpc) is 3.04. The van der Waals surface area contributed by atoms with Crippen LogP contribution in [0.15, 0.2) is 0 Å². The van der Waals surface area contributed by atoms with Gasteiger partial charge in [0.1, 0.15) is 0 Å². The predicted octanol–water partition coefficient (Wildman–Crippen LogP) is 0.766. The molecule has 19 heavy (non-hydrogen) atoms. The van der Waals surface area contributed by atoms with E-state index in [1.165, 1.54) is 31.2 Å². The van der Waals surface area contributed by atoms with Crippen LogP contribution in [0, 0.1) is 5.92 Å². The largest absolute Gasteiger partial charge is 0.473 e. The number of piperidine rings is 1. The first-order valence-corrected chi connectivity index (χ1v) is 6.76. The molecule has 2 aliphatic rings. The number of hydrogen-bond acceptors (Lipinski definition) is 6. The fourth-order valence-electron chi connectivity index (χ4n) is 2.50. The Balaban J connectivity index is 0.000000192. The van der Waals surface area contributed by atoms with Crippen molar-refractivity contribution in [1.29, 1.82) is 0 Å². The van der Waals surface area contributed by atoms with Gasteiger partial charge in [0, 0.05) is 19.0 Å². The van der Waals surface area contributed by atoms with Crippen LogP contribution < -0.4 is 0 Å². The molecule has 0 aliphatic carbocycles. The number of nitrogens with zero attached hydrogens (tertiary/aromatic N) is 3. The molecule has 2 fully saturated rings. The van der Waals surface area contributed by atoms with Crippen LogP contribution in [-0.4, -0.2) is 55.4 Å². The maximum atomic E-state index is 9.10. The number of carbonyl (C=O) groups is 2. The molecule has 3 rings (SSSR count). The third-order valence-electron chi connectivity index (χ3n) is 3.34. The summed E-state index contributed by atoms with van der Waals surface area (Å²) < 4.78 is 8.31. The van der Waals surface area contributed by atoms with E-state index in [4.69, 9.17) is 31.4 Å². The smallest absolute Gasteiger partial charge is 0.414 e. The maximum absolute atomic E-state index is 9.10. The fourth-order valence-corrected chi connectivity index (χ4v) is 3.34. The van der Waals surface area contributed by atoms with Crippen molar-refractivity contribution in [3.05, 3.63) is 10.8 Å². The number of fused-ring (bicyclic) bond motifs is 2. The van der Waals surface area contributed by atoms with Gasteiger partial charge in [0.05, 0.1) is 17.4 Å². The highest BCUT2D eigenvalue weighted by Gasteiger charge is 2.40. The summed E-state index contributed by atoms with van der Waals surface area (Å²) in [4.78, 5) is 20.7. The number of halogens is 1. The number of aromatic nitrogens is 2. The van der Waals surface area contributed by atoms with Gasteiger partial charge in [0.15, 0.2) is 5.15 Å². The molecule has 3 unspecified atom stereocenters. The van der Waals surface area contributed by atoms with Crippen LogP contribution in [0.25, 0.3) is 0 Å². The SMILES string of the molecule is Clc1nsnc1C1CN2CCC1C2.O=C(O)C(=O)O. The Bertz CT molecular complexity index is 483. The number of rotatable bonds is 1. The van der Waals surface area contributed by atoms with Crippen molar-refractivity contribution in [1.82, 2.24) is 13.6 Å². The summed E-state index contributed by atoms with van der Waals surface area (Å²) in [5, 5.41) is 15.4. The zero-order valence-corrected chi connectivity index (χ0v) is 11.4. The minimum absolute atomic E-state index is 0.556. The molecule has 104 valence electrons. The van der Waals surface area contributed by atoms with Gasteiger partial charge in [0.2, 0.25) is 0 Å². The Morgan fingerprint density at radius 3 is 2.32 bits per heavy atom. The van der Waals surface area contributed by atoms with E-state index in [9.17, 15) is 0 Å². The molecule has 7 nitrogen and oxygen atoms in total. The second-order valence-electron chi connectivity index (χ2n) is 4.47. The Hall–Kier alpha value is -1.25. The van der Waals surface area contributed by atoms with Gasteiger partial charge in [-0.2, -0.15) is 8.75 Å². The van der Waals surface area contributed by atoms with Crippen LogP contribution in [0.5, 0.6) is 0 Å². The molecule has 0 spiro atoms. The highest BCUT2D eigenvalue weighted by molar-refractivity contribution is 6.99. The number of aliphatic carboxylic acids is 2. The van der Waals surface area contributed by atoms with Crippen LogP contribution in [-0.2, 0) is 9.59 Å². The number of carboxylic acids is 2. The lowest BCUT2D eigenvalue weighted by molar-refractivity contribution is -0.159. The lowest BCUT2D eigenvalue weighted by atomic mass is 9.90. The second kappa shape index (κ2) is 5.81. The topological polar surface area (TPSA) is 104 Å². The van der Waals surface area contributed by atoms with Gasteiger partial charge >= 0.3 is 11.9 Å². The molecule has 9 heteroatoms. The van der Waals surface area contributed by atoms with Crippen molar-refractivity contribution >= 4 is 35.3 Å². The zero-order valence-electron chi connectivity index (χ0n) is 9.82. The lowest BCUT2D eigenvalue weighted by Gasteiger charge is -2.19. The van der Waals surface area contributed by atoms with Crippen LogP contribution >= 0.6 is 23.3 Å². The average molecular weight is 306 g/mol. The molecular formula is C10H12ClN3O4S. The molecule has 0 aromatic carbocycles. The number of carboxylic acid groups (broad SMARTS) is 2. The summed E-state index contributed by atoms with van der Waals surface area (Å²) in [6.07, 6.45) is 1.30. The molecule has 1 aromatic heterocycles. The van der Waals surface area contributed by atoms with E-state index in [-0.39, 0.29) is 0 Å². The highest BCUT2D eigenvalue weighted by atomic mass is 35.5. The monoisotopic (exact) mass is 305 g/mol. The number of hydrogen-bond donors (Lipinski definition) is 2.